The molecular formula is C22H22ClN3O5S. The third-order valence-corrected chi connectivity index (χ3v) is 5.55. The molecule has 3 N–H and O–H groups in total. The van der Waals surface area contributed by atoms with Crippen LogP contribution in [0.2, 0.25) is 0 Å². The number of rotatable bonds is 7. The lowest BCUT2D eigenvalue weighted by Crippen LogP contribution is -2.30. The molecule has 168 valence electrons. The molecular weight excluding hydrogens is 454 g/mol. The number of nitrogens with zero attached hydrogens (tertiary/aromatic N) is 1. The van der Waals surface area contributed by atoms with Crippen LogP contribution in [-0.4, -0.2) is 44.0 Å². The average Bonchev–Trinajstić information content (AvgIpc) is 2.75. The molecule has 0 aliphatic rings. The first-order chi connectivity index (χ1) is 15.1. The molecule has 0 atom stereocenters. The van der Waals surface area contributed by atoms with Crippen molar-refractivity contribution in [3.63, 3.8) is 0 Å². The van der Waals surface area contributed by atoms with Gasteiger partial charge >= 0.3 is 0 Å². The molecule has 3 aromatic rings. The van der Waals surface area contributed by atoms with Crippen molar-refractivity contribution in [3.05, 3.63) is 60.2 Å². The maximum atomic E-state index is 13.2. The Labute approximate surface area is 190 Å². The first kappa shape index (κ1) is 23.4. The number of sulfonamides is 1. The molecule has 3 aromatic carbocycles. The molecule has 0 saturated heterocycles. The van der Waals surface area contributed by atoms with Crippen molar-refractivity contribution >= 4 is 61.3 Å². The summed E-state index contributed by atoms with van der Waals surface area (Å²) in [6.07, 6.45) is 1.05. The van der Waals surface area contributed by atoms with Crippen LogP contribution in [0.25, 0.3) is 10.8 Å². The quantitative estimate of drug-likeness (QED) is 0.450. The van der Waals surface area contributed by atoms with E-state index in [2.05, 4.69) is 10.0 Å². The number of aromatic hydroxyl groups is 1. The fourth-order valence-corrected chi connectivity index (χ4v) is 3.95. The van der Waals surface area contributed by atoms with Gasteiger partial charge in [-0.3, -0.25) is 14.3 Å². The monoisotopic (exact) mass is 475 g/mol. The normalized spacial score (nSPS) is 11.2. The molecule has 0 aliphatic heterocycles. The number of anilines is 3. The van der Waals surface area contributed by atoms with Crippen molar-refractivity contribution < 1.29 is 23.1 Å². The van der Waals surface area contributed by atoms with Crippen molar-refractivity contribution in [2.45, 2.75) is 6.92 Å². The number of hydrogen-bond acceptors (Lipinski definition) is 5. The van der Waals surface area contributed by atoms with Gasteiger partial charge in [-0.15, -0.1) is 11.6 Å². The first-order valence-electron chi connectivity index (χ1n) is 9.64. The summed E-state index contributed by atoms with van der Waals surface area (Å²) in [6.45, 7) is 2.11. The Morgan fingerprint density at radius 3 is 2.31 bits per heavy atom. The van der Waals surface area contributed by atoms with Gasteiger partial charge in [-0.25, -0.2) is 8.42 Å². The molecule has 2 amide bonds. The molecule has 0 fully saturated rings. The number of fused-ring (bicyclic) bond motifs is 1. The molecule has 10 heteroatoms. The highest BCUT2D eigenvalue weighted by Gasteiger charge is 2.21. The van der Waals surface area contributed by atoms with Crippen LogP contribution in [0.4, 0.5) is 17.1 Å². The van der Waals surface area contributed by atoms with Gasteiger partial charge in [-0.1, -0.05) is 18.2 Å². The van der Waals surface area contributed by atoms with Crippen LogP contribution in [-0.2, 0) is 14.8 Å². The van der Waals surface area contributed by atoms with Crippen LogP contribution < -0.4 is 14.9 Å². The van der Waals surface area contributed by atoms with E-state index in [4.69, 9.17) is 11.6 Å². The largest absolute Gasteiger partial charge is 0.506 e. The standard InChI is InChI=1S/C22H22ClN3O5S/c1-3-26(15-9-7-14(8-10-15)25-32(2,30)31)22(29)18-12-11-16-17(21(18)28)5-4-6-19(16)24-20(27)13-23/h4-12,25,28H,3,13H2,1-2H3,(H,24,27). The van der Waals surface area contributed by atoms with Gasteiger partial charge in [0.25, 0.3) is 5.91 Å². The molecule has 0 spiro atoms. The molecule has 0 heterocycles. The van der Waals surface area contributed by atoms with Crippen LogP contribution in [0.5, 0.6) is 5.75 Å². The maximum absolute atomic E-state index is 13.2. The minimum Gasteiger partial charge on any atom is -0.506 e. The number of hydrogen-bond donors (Lipinski definition) is 3. The van der Waals surface area contributed by atoms with Gasteiger partial charge in [0.05, 0.1) is 11.8 Å². The molecule has 0 aromatic heterocycles. The van der Waals surface area contributed by atoms with E-state index in [0.717, 1.165) is 6.26 Å². The molecule has 0 unspecified atom stereocenters. The number of carbonyl (C=O) groups is 2. The predicted octanol–water partition coefficient (Wildman–Crippen LogP) is 3.76. The molecule has 32 heavy (non-hydrogen) atoms. The van der Waals surface area contributed by atoms with Crippen LogP contribution >= 0.6 is 11.6 Å². The zero-order chi connectivity index (χ0) is 23.5. The van der Waals surface area contributed by atoms with E-state index in [-0.39, 0.29) is 23.1 Å². The van der Waals surface area contributed by atoms with E-state index in [1.807, 2.05) is 0 Å². The van der Waals surface area contributed by atoms with E-state index >= 15 is 0 Å². The molecule has 0 aliphatic carbocycles. The number of alkyl halides is 1. The molecule has 0 radical (unpaired) electrons. The number of halogens is 1. The predicted molar refractivity (Wildman–Crippen MR) is 127 cm³/mol. The molecule has 0 bridgehead atoms. The summed E-state index contributed by atoms with van der Waals surface area (Å²) in [7, 11) is -3.41. The van der Waals surface area contributed by atoms with Gasteiger partial charge in [-0.05, 0) is 43.3 Å². The average molecular weight is 476 g/mol. The summed E-state index contributed by atoms with van der Waals surface area (Å²) in [4.78, 5) is 26.4. The summed E-state index contributed by atoms with van der Waals surface area (Å²) in [6, 6.07) is 14.5. The number of carbonyl (C=O) groups excluding carboxylic acids is 2. The minimum atomic E-state index is -3.41. The van der Waals surface area contributed by atoms with Crippen LogP contribution in [0, 0.1) is 0 Å². The van der Waals surface area contributed by atoms with E-state index < -0.39 is 15.9 Å². The van der Waals surface area contributed by atoms with Gasteiger partial charge < -0.3 is 15.3 Å². The Balaban J connectivity index is 1.95. The summed E-state index contributed by atoms with van der Waals surface area (Å²) in [5, 5.41) is 14.5. The Hall–Kier alpha value is -3.30. The van der Waals surface area contributed by atoms with Crippen molar-refractivity contribution in [3.8, 4) is 5.75 Å². The number of amides is 2. The highest BCUT2D eigenvalue weighted by molar-refractivity contribution is 7.92. The van der Waals surface area contributed by atoms with Crippen LogP contribution in [0.15, 0.2) is 54.6 Å². The van der Waals surface area contributed by atoms with Gasteiger partial charge in [-0.2, -0.15) is 0 Å². The number of benzene rings is 3. The topological polar surface area (TPSA) is 116 Å². The number of phenols is 1. The van der Waals surface area contributed by atoms with Crippen molar-refractivity contribution in [1.82, 2.24) is 0 Å². The second kappa shape index (κ2) is 9.46. The molecule has 8 nitrogen and oxygen atoms in total. The fourth-order valence-electron chi connectivity index (χ4n) is 3.32. The van der Waals surface area contributed by atoms with E-state index in [1.54, 1.807) is 55.5 Å². The third kappa shape index (κ3) is 5.12. The van der Waals surface area contributed by atoms with Gasteiger partial charge in [0.1, 0.15) is 11.6 Å². The zero-order valence-electron chi connectivity index (χ0n) is 17.4. The fraction of sp³-hybridized carbons (Fsp3) is 0.182. The summed E-state index contributed by atoms with van der Waals surface area (Å²) in [5.74, 6) is -1.22. The zero-order valence-corrected chi connectivity index (χ0v) is 19.0. The second-order valence-corrected chi connectivity index (χ2v) is 9.03. The lowest BCUT2D eigenvalue weighted by molar-refractivity contribution is -0.113. The van der Waals surface area contributed by atoms with Crippen LogP contribution in [0.1, 0.15) is 17.3 Å². The van der Waals surface area contributed by atoms with E-state index in [9.17, 15) is 23.1 Å². The van der Waals surface area contributed by atoms with E-state index in [0.29, 0.717) is 34.4 Å². The third-order valence-electron chi connectivity index (χ3n) is 4.70. The lowest BCUT2D eigenvalue weighted by atomic mass is 10.0. The number of phenolic OH excluding ortho intramolecular Hbond substituents is 1. The van der Waals surface area contributed by atoms with Crippen molar-refractivity contribution in [2.24, 2.45) is 0 Å². The van der Waals surface area contributed by atoms with Gasteiger partial charge in [0.2, 0.25) is 15.9 Å². The smallest absolute Gasteiger partial charge is 0.262 e. The second-order valence-electron chi connectivity index (χ2n) is 7.01. The van der Waals surface area contributed by atoms with Crippen LogP contribution in [0.3, 0.4) is 0 Å². The highest BCUT2D eigenvalue weighted by atomic mass is 35.5. The number of nitrogens with one attached hydrogen (secondary N) is 2. The summed E-state index contributed by atoms with van der Waals surface area (Å²) >= 11 is 5.56. The Morgan fingerprint density at radius 2 is 1.72 bits per heavy atom. The van der Waals surface area contributed by atoms with Gasteiger partial charge in [0, 0.05) is 34.4 Å². The lowest BCUT2D eigenvalue weighted by Gasteiger charge is -2.22. The SMILES string of the molecule is CCN(C(=O)c1ccc2c(NC(=O)CCl)cccc2c1O)c1ccc(NS(C)(=O)=O)cc1. The van der Waals surface area contributed by atoms with Crippen molar-refractivity contribution in [2.75, 3.05) is 33.6 Å². The molecule has 0 saturated carbocycles. The minimum absolute atomic E-state index is 0.0958. The Bertz CT molecular complexity index is 1280. The molecule has 3 rings (SSSR count). The summed E-state index contributed by atoms with van der Waals surface area (Å²) < 4.78 is 25.1. The summed E-state index contributed by atoms with van der Waals surface area (Å²) in [5.41, 5.74) is 1.49. The Morgan fingerprint density at radius 1 is 1.03 bits per heavy atom. The first-order valence-corrected chi connectivity index (χ1v) is 12.1. The maximum Gasteiger partial charge on any atom is 0.262 e. The highest BCUT2D eigenvalue weighted by Crippen LogP contribution is 2.34. The van der Waals surface area contributed by atoms with Crippen molar-refractivity contribution in [1.29, 1.82) is 0 Å². The van der Waals surface area contributed by atoms with Gasteiger partial charge in [0.15, 0.2) is 0 Å². The Kier molecular flexibility index (Phi) is 6.90. The van der Waals surface area contributed by atoms with E-state index in [1.165, 1.54) is 11.0 Å².